The number of rotatable bonds is 3. The lowest BCUT2D eigenvalue weighted by Crippen LogP contribution is -2.43. The summed E-state index contributed by atoms with van der Waals surface area (Å²) in [5.74, 6) is -1.67. The van der Waals surface area contributed by atoms with E-state index in [1.807, 2.05) is 0 Å². The van der Waals surface area contributed by atoms with Crippen molar-refractivity contribution in [3.05, 3.63) is 76.8 Å². The lowest BCUT2D eigenvalue weighted by Gasteiger charge is -2.26. The number of anilines is 1. The Hall–Kier alpha value is -3.22. The summed E-state index contributed by atoms with van der Waals surface area (Å²) >= 11 is 0. The molecule has 0 aliphatic rings. The highest BCUT2D eigenvalue weighted by Crippen LogP contribution is 2.24. The molecule has 0 atom stereocenters. The molecule has 3 aromatic rings. The highest BCUT2D eigenvalue weighted by atomic mass is 19.1. The third-order valence-corrected chi connectivity index (χ3v) is 3.84. The van der Waals surface area contributed by atoms with Gasteiger partial charge in [-0.15, -0.1) is 0 Å². The summed E-state index contributed by atoms with van der Waals surface area (Å²) in [4.78, 5) is 26.4. The molecular weight excluding hydrogens is 342 g/mol. The van der Waals surface area contributed by atoms with Crippen LogP contribution in [-0.2, 0) is 0 Å². The van der Waals surface area contributed by atoms with Crippen LogP contribution in [0.3, 0.4) is 0 Å². The maximum Gasteiger partial charge on any atom is 0.365 e. The van der Waals surface area contributed by atoms with Gasteiger partial charge in [0.15, 0.2) is 0 Å². The third-order valence-electron chi connectivity index (χ3n) is 3.84. The zero-order valence-corrected chi connectivity index (χ0v) is 14.1. The molecule has 0 bridgehead atoms. The van der Waals surface area contributed by atoms with Crippen LogP contribution in [0.4, 0.5) is 19.3 Å². The molecule has 134 valence electrons. The number of benzene rings is 2. The predicted molar refractivity (Wildman–Crippen MR) is 93.2 cm³/mol. The number of aromatic nitrogens is 1. The first kappa shape index (κ1) is 17.6. The molecule has 7 heteroatoms. The summed E-state index contributed by atoms with van der Waals surface area (Å²) in [6.07, 6.45) is 1.18. The number of carbonyl (C=O) groups is 1. The number of carbonyl (C=O) groups excluding carboxylic acids is 1. The summed E-state index contributed by atoms with van der Waals surface area (Å²) in [6, 6.07) is 10.2. The van der Waals surface area contributed by atoms with E-state index in [2.05, 4.69) is 0 Å². The first-order valence-electron chi connectivity index (χ1n) is 7.95. The molecule has 0 fully saturated rings. The Morgan fingerprint density at radius 3 is 2.42 bits per heavy atom. The van der Waals surface area contributed by atoms with E-state index >= 15 is 0 Å². The lowest BCUT2D eigenvalue weighted by molar-refractivity contribution is 0.213. The summed E-state index contributed by atoms with van der Waals surface area (Å²) in [7, 11) is 0. The highest BCUT2D eigenvalue weighted by molar-refractivity contribution is 5.93. The van der Waals surface area contributed by atoms with E-state index in [0.717, 1.165) is 17.0 Å². The van der Waals surface area contributed by atoms with E-state index in [0.29, 0.717) is 16.4 Å². The quantitative estimate of drug-likeness (QED) is 0.703. The maximum absolute atomic E-state index is 14.2. The van der Waals surface area contributed by atoms with Crippen molar-refractivity contribution in [1.29, 1.82) is 0 Å². The van der Waals surface area contributed by atoms with E-state index in [-0.39, 0.29) is 11.3 Å². The lowest BCUT2D eigenvalue weighted by atomic mass is 10.1. The molecule has 26 heavy (non-hydrogen) atoms. The van der Waals surface area contributed by atoms with Crippen LogP contribution in [-0.4, -0.2) is 16.8 Å². The Kier molecular flexibility index (Phi) is 4.71. The van der Waals surface area contributed by atoms with Crippen LogP contribution in [0.1, 0.15) is 13.8 Å². The topological polar surface area (TPSA) is 55.5 Å². The Balaban J connectivity index is 2.04. The fraction of sp³-hybridized carbons (Fsp3) is 0.158. The molecular formula is C19H16F2N2O3. The van der Waals surface area contributed by atoms with Gasteiger partial charge in [-0.05, 0) is 31.5 Å². The third kappa shape index (κ3) is 3.15. The number of hydrogen-bond acceptors (Lipinski definition) is 3. The zero-order chi connectivity index (χ0) is 18.8. The van der Waals surface area contributed by atoms with Gasteiger partial charge < -0.3 is 4.52 Å². The summed E-state index contributed by atoms with van der Waals surface area (Å²) in [5.41, 5.74) is 0.00410. The first-order valence-corrected chi connectivity index (χ1v) is 7.95. The van der Waals surface area contributed by atoms with E-state index in [4.69, 9.17) is 4.52 Å². The first-order chi connectivity index (χ1) is 12.4. The average molecular weight is 358 g/mol. The van der Waals surface area contributed by atoms with Crippen LogP contribution >= 0.6 is 0 Å². The van der Waals surface area contributed by atoms with Crippen LogP contribution in [0.2, 0.25) is 0 Å². The molecule has 1 amide bonds. The van der Waals surface area contributed by atoms with E-state index < -0.39 is 29.3 Å². The molecule has 1 aromatic heterocycles. The molecule has 0 unspecified atom stereocenters. The van der Waals surface area contributed by atoms with Crippen molar-refractivity contribution in [1.82, 2.24) is 4.74 Å². The molecule has 0 aliphatic heterocycles. The van der Waals surface area contributed by atoms with Gasteiger partial charge in [0, 0.05) is 12.1 Å². The monoisotopic (exact) mass is 358 g/mol. The molecule has 0 aliphatic carbocycles. The standard InChI is InChI=1S/C19H16F2N2O3/c1-12(2)22(17-9-8-14(20)10-16(17)21)19(25)23-18(24)15(11-26-23)13-6-4-3-5-7-13/h3-12H,1-2H3. The van der Waals surface area contributed by atoms with Gasteiger partial charge in [-0.1, -0.05) is 35.1 Å². The van der Waals surface area contributed by atoms with Gasteiger partial charge in [0.25, 0.3) is 5.56 Å². The molecule has 2 aromatic carbocycles. The summed E-state index contributed by atoms with van der Waals surface area (Å²) in [6.45, 7) is 3.29. The van der Waals surface area contributed by atoms with Crippen LogP contribution in [0.25, 0.3) is 11.1 Å². The maximum atomic E-state index is 14.2. The molecule has 5 nitrogen and oxygen atoms in total. The van der Waals surface area contributed by atoms with Gasteiger partial charge in [0.2, 0.25) is 0 Å². The fourth-order valence-electron chi connectivity index (χ4n) is 2.63. The number of nitrogens with zero attached hydrogens (tertiary/aromatic N) is 2. The van der Waals surface area contributed by atoms with Crippen LogP contribution in [0.5, 0.6) is 0 Å². The smallest absolute Gasteiger partial charge is 0.365 e. The van der Waals surface area contributed by atoms with Crippen LogP contribution in [0, 0.1) is 11.6 Å². The summed E-state index contributed by atoms with van der Waals surface area (Å²) < 4.78 is 33.0. The predicted octanol–water partition coefficient (Wildman–Crippen LogP) is 4.27. The number of hydrogen-bond donors (Lipinski definition) is 0. The minimum absolute atomic E-state index is 0.143. The van der Waals surface area contributed by atoms with Crippen molar-refractivity contribution < 1.29 is 18.1 Å². The van der Waals surface area contributed by atoms with E-state index in [1.165, 1.54) is 6.26 Å². The Labute approximate surface area is 148 Å². The molecule has 3 rings (SSSR count). The van der Waals surface area contributed by atoms with Crippen LogP contribution < -0.4 is 10.5 Å². The van der Waals surface area contributed by atoms with E-state index in [1.54, 1.807) is 44.2 Å². The number of halogens is 2. The highest BCUT2D eigenvalue weighted by Gasteiger charge is 2.27. The molecule has 1 heterocycles. The molecule has 0 saturated carbocycles. The van der Waals surface area contributed by atoms with Crippen molar-refractivity contribution >= 4 is 11.7 Å². The van der Waals surface area contributed by atoms with Crippen LogP contribution in [0.15, 0.2) is 64.1 Å². The second-order valence-corrected chi connectivity index (χ2v) is 5.94. The van der Waals surface area contributed by atoms with Gasteiger partial charge in [-0.25, -0.2) is 13.6 Å². The summed E-state index contributed by atoms with van der Waals surface area (Å²) in [5, 5.41) is 0. The van der Waals surface area contributed by atoms with E-state index in [9.17, 15) is 18.4 Å². The van der Waals surface area contributed by atoms with Gasteiger partial charge in [0.1, 0.15) is 17.9 Å². The van der Waals surface area contributed by atoms with Crippen molar-refractivity contribution in [2.24, 2.45) is 0 Å². The minimum Gasteiger partial charge on any atom is -0.374 e. The Morgan fingerprint density at radius 2 is 1.81 bits per heavy atom. The molecule has 0 N–H and O–H groups in total. The van der Waals surface area contributed by atoms with Crippen molar-refractivity contribution in [2.45, 2.75) is 19.9 Å². The van der Waals surface area contributed by atoms with Gasteiger partial charge in [0.05, 0.1) is 11.3 Å². The molecule has 0 saturated heterocycles. The van der Waals surface area contributed by atoms with Gasteiger partial charge in [-0.2, -0.15) is 0 Å². The molecule has 0 spiro atoms. The largest absolute Gasteiger partial charge is 0.374 e. The van der Waals surface area contributed by atoms with Gasteiger partial charge >= 0.3 is 6.03 Å². The molecule has 0 radical (unpaired) electrons. The van der Waals surface area contributed by atoms with Gasteiger partial charge in [-0.3, -0.25) is 9.69 Å². The zero-order valence-electron chi connectivity index (χ0n) is 14.1. The number of amides is 1. The minimum atomic E-state index is -0.907. The normalized spacial score (nSPS) is 11.0. The fourth-order valence-corrected chi connectivity index (χ4v) is 2.63. The SMILES string of the molecule is CC(C)N(C(=O)n1occ(-c2ccccc2)c1=O)c1ccc(F)cc1F. The Morgan fingerprint density at radius 1 is 1.12 bits per heavy atom. The average Bonchev–Trinajstić information content (AvgIpc) is 2.99. The van der Waals surface area contributed by atoms with Crippen molar-refractivity contribution in [3.8, 4) is 11.1 Å². The van der Waals surface area contributed by atoms with Crippen molar-refractivity contribution in [2.75, 3.05) is 4.90 Å². The second-order valence-electron chi connectivity index (χ2n) is 5.94. The second kappa shape index (κ2) is 6.95. The Bertz CT molecular complexity index is 994. The van der Waals surface area contributed by atoms with Crippen molar-refractivity contribution in [3.63, 3.8) is 0 Å².